The molecule has 2 aromatic carbocycles. The highest BCUT2D eigenvalue weighted by atomic mass is 15.3. The Labute approximate surface area is 151 Å². The molecule has 0 atom stereocenters. The smallest absolute Gasteiger partial charge is 0.156 e. The van der Waals surface area contributed by atoms with Crippen molar-refractivity contribution >= 4 is 16.6 Å². The van der Waals surface area contributed by atoms with Gasteiger partial charge in [-0.1, -0.05) is 54.6 Å². The fourth-order valence-corrected chi connectivity index (χ4v) is 3.01. The number of nitrogens with zero attached hydrogens (tertiary/aromatic N) is 5. The standard InChI is InChI=1S/C20H20N6/c1-2-7-16(8-3-1)13-19-17-9-4-5-10-18(17)20(25-24-19)22-11-6-12-26-15-21-14-23-26/h1-5,7-10,14-15H,6,11-13H2,(H,22,25). The summed E-state index contributed by atoms with van der Waals surface area (Å²) in [6.45, 7) is 1.63. The van der Waals surface area contributed by atoms with Gasteiger partial charge in [-0.05, 0) is 12.0 Å². The Morgan fingerprint density at radius 3 is 2.50 bits per heavy atom. The summed E-state index contributed by atoms with van der Waals surface area (Å²) in [5.41, 5.74) is 2.24. The number of hydrogen-bond acceptors (Lipinski definition) is 5. The maximum atomic E-state index is 4.49. The molecule has 0 aliphatic carbocycles. The van der Waals surface area contributed by atoms with Gasteiger partial charge in [-0.3, -0.25) is 4.68 Å². The molecule has 6 nitrogen and oxygen atoms in total. The quantitative estimate of drug-likeness (QED) is 0.521. The normalized spacial score (nSPS) is 10.9. The second-order valence-corrected chi connectivity index (χ2v) is 6.14. The van der Waals surface area contributed by atoms with E-state index in [1.54, 1.807) is 12.7 Å². The average Bonchev–Trinajstić information content (AvgIpc) is 3.21. The van der Waals surface area contributed by atoms with Crippen molar-refractivity contribution in [3.8, 4) is 0 Å². The molecule has 130 valence electrons. The van der Waals surface area contributed by atoms with Gasteiger partial charge in [-0.25, -0.2) is 4.98 Å². The summed E-state index contributed by atoms with van der Waals surface area (Å²) in [6, 6.07) is 18.7. The molecule has 2 heterocycles. The van der Waals surface area contributed by atoms with Gasteiger partial charge in [0.15, 0.2) is 5.82 Å². The zero-order valence-electron chi connectivity index (χ0n) is 14.4. The van der Waals surface area contributed by atoms with Crippen molar-refractivity contribution < 1.29 is 0 Å². The molecule has 6 heteroatoms. The minimum atomic E-state index is 0.779. The Morgan fingerprint density at radius 2 is 1.69 bits per heavy atom. The summed E-state index contributed by atoms with van der Waals surface area (Å²) in [6.07, 6.45) is 5.00. The number of aryl methyl sites for hydroxylation is 1. The first kappa shape index (κ1) is 16.2. The summed E-state index contributed by atoms with van der Waals surface area (Å²) >= 11 is 0. The van der Waals surface area contributed by atoms with Crippen LogP contribution in [0.5, 0.6) is 0 Å². The Bertz CT molecular complexity index is 966. The molecule has 1 N–H and O–H groups in total. The van der Waals surface area contributed by atoms with E-state index < -0.39 is 0 Å². The van der Waals surface area contributed by atoms with Crippen molar-refractivity contribution in [2.24, 2.45) is 0 Å². The Morgan fingerprint density at radius 1 is 0.885 bits per heavy atom. The molecule has 4 rings (SSSR count). The van der Waals surface area contributed by atoms with Gasteiger partial charge in [0.25, 0.3) is 0 Å². The molecule has 0 aliphatic rings. The second-order valence-electron chi connectivity index (χ2n) is 6.14. The van der Waals surface area contributed by atoms with Crippen molar-refractivity contribution in [1.82, 2.24) is 25.0 Å². The Balaban J connectivity index is 1.50. The monoisotopic (exact) mass is 344 g/mol. The molecular formula is C20H20N6. The number of anilines is 1. The molecule has 0 unspecified atom stereocenters. The highest BCUT2D eigenvalue weighted by molar-refractivity contribution is 5.93. The minimum absolute atomic E-state index is 0.779. The summed E-state index contributed by atoms with van der Waals surface area (Å²) < 4.78 is 1.83. The van der Waals surface area contributed by atoms with Crippen LogP contribution in [0.15, 0.2) is 67.3 Å². The van der Waals surface area contributed by atoms with E-state index in [0.29, 0.717) is 0 Å². The fourth-order valence-electron chi connectivity index (χ4n) is 3.01. The highest BCUT2D eigenvalue weighted by Crippen LogP contribution is 2.24. The number of aromatic nitrogens is 5. The zero-order valence-corrected chi connectivity index (χ0v) is 14.4. The number of benzene rings is 2. The van der Waals surface area contributed by atoms with Gasteiger partial charge in [0.2, 0.25) is 0 Å². The maximum absolute atomic E-state index is 4.49. The Kier molecular flexibility index (Phi) is 4.82. The molecule has 0 aliphatic heterocycles. The molecule has 4 aromatic rings. The van der Waals surface area contributed by atoms with Gasteiger partial charge in [0.1, 0.15) is 12.7 Å². The molecule has 2 aromatic heterocycles. The summed E-state index contributed by atoms with van der Waals surface area (Å²) in [7, 11) is 0. The topological polar surface area (TPSA) is 68.5 Å². The van der Waals surface area contributed by atoms with Gasteiger partial charge in [-0.15, -0.1) is 5.10 Å². The van der Waals surface area contributed by atoms with Gasteiger partial charge in [0, 0.05) is 30.3 Å². The van der Waals surface area contributed by atoms with E-state index in [9.17, 15) is 0 Å². The van der Waals surface area contributed by atoms with E-state index in [4.69, 9.17) is 0 Å². The third kappa shape index (κ3) is 3.69. The van der Waals surface area contributed by atoms with E-state index >= 15 is 0 Å². The lowest BCUT2D eigenvalue weighted by atomic mass is 10.0. The molecule has 0 spiro atoms. The van der Waals surface area contributed by atoms with Gasteiger partial charge < -0.3 is 5.32 Å². The number of rotatable bonds is 7. The van der Waals surface area contributed by atoms with Crippen LogP contribution in [-0.4, -0.2) is 31.5 Å². The third-order valence-corrected chi connectivity index (χ3v) is 4.30. The average molecular weight is 344 g/mol. The van der Waals surface area contributed by atoms with Crippen LogP contribution < -0.4 is 5.32 Å². The lowest BCUT2D eigenvalue weighted by Gasteiger charge is -2.11. The van der Waals surface area contributed by atoms with Gasteiger partial charge in [-0.2, -0.15) is 10.2 Å². The van der Waals surface area contributed by atoms with Crippen LogP contribution in [0.4, 0.5) is 5.82 Å². The van der Waals surface area contributed by atoms with Crippen molar-refractivity contribution in [2.45, 2.75) is 19.4 Å². The predicted octanol–water partition coefficient (Wildman–Crippen LogP) is 3.31. The van der Waals surface area contributed by atoms with Crippen molar-refractivity contribution in [1.29, 1.82) is 0 Å². The lowest BCUT2D eigenvalue weighted by Crippen LogP contribution is -2.10. The van der Waals surface area contributed by atoms with E-state index in [1.165, 1.54) is 5.56 Å². The number of fused-ring (bicyclic) bond motifs is 1. The molecule has 0 amide bonds. The van der Waals surface area contributed by atoms with Crippen molar-refractivity contribution in [3.05, 3.63) is 78.5 Å². The highest BCUT2D eigenvalue weighted by Gasteiger charge is 2.09. The lowest BCUT2D eigenvalue weighted by molar-refractivity contribution is 0.590. The van der Waals surface area contributed by atoms with Crippen molar-refractivity contribution in [3.63, 3.8) is 0 Å². The minimum Gasteiger partial charge on any atom is -0.368 e. The molecule has 0 radical (unpaired) electrons. The first-order valence-electron chi connectivity index (χ1n) is 8.74. The summed E-state index contributed by atoms with van der Waals surface area (Å²) in [5.74, 6) is 0.830. The maximum Gasteiger partial charge on any atom is 0.156 e. The van der Waals surface area contributed by atoms with Gasteiger partial charge in [0.05, 0.1) is 5.69 Å². The van der Waals surface area contributed by atoms with E-state index in [0.717, 1.165) is 48.2 Å². The van der Waals surface area contributed by atoms with Crippen LogP contribution >= 0.6 is 0 Å². The SMILES string of the molecule is c1ccc(Cc2nnc(NCCCn3cncn3)c3ccccc23)cc1. The van der Waals surface area contributed by atoms with Crippen LogP contribution in [0.2, 0.25) is 0 Å². The van der Waals surface area contributed by atoms with Crippen LogP contribution in [0.3, 0.4) is 0 Å². The molecule has 0 bridgehead atoms. The molecule has 0 saturated carbocycles. The molecule has 0 saturated heterocycles. The van der Waals surface area contributed by atoms with E-state index in [2.05, 4.69) is 62.0 Å². The van der Waals surface area contributed by atoms with E-state index in [-0.39, 0.29) is 0 Å². The first-order chi connectivity index (χ1) is 12.9. The summed E-state index contributed by atoms with van der Waals surface area (Å²) in [5, 5.41) is 18.7. The molecule has 26 heavy (non-hydrogen) atoms. The molecule has 0 fully saturated rings. The second kappa shape index (κ2) is 7.74. The number of nitrogens with one attached hydrogen (secondary N) is 1. The Hall–Kier alpha value is -3.28. The number of hydrogen-bond donors (Lipinski definition) is 1. The van der Waals surface area contributed by atoms with Crippen molar-refractivity contribution in [2.75, 3.05) is 11.9 Å². The first-order valence-corrected chi connectivity index (χ1v) is 8.74. The third-order valence-electron chi connectivity index (χ3n) is 4.30. The summed E-state index contributed by atoms with van der Waals surface area (Å²) in [4.78, 5) is 3.95. The van der Waals surface area contributed by atoms with Crippen LogP contribution in [0, 0.1) is 0 Å². The largest absolute Gasteiger partial charge is 0.368 e. The van der Waals surface area contributed by atoms with Crippen LogP contribution in [0.25, 0.3) is 10.8 Å². The molecular weight excluding hydrogens is 324 g/mol. The van der Waals surface area contributed by atoms with Crippen LogP contribution in [0.1, 0.15) is 17.7 Å². The zero-order chi connectivity index (χ0) is 17.6. The van der Waals surface area contributed by atoms with Gasteiger partial charge >= 0.3 is 0 Å². The van der Waals surface area contributed by atoms with Crippen LogP contribution in [-0.2, 0) is 13.0 Å². The predicted molar refractivity (Wildman–Crippen MR) is 102 cm³/mol. The van der Waals surface area contributed by atoms with E-state index in [1.807, 2.05) is 22.9 Å². The fraction of sp³-hybridized carbons (Fsp3) is 0.200.